The van der Waals surface area contributed by atoms with Crippen LogP contribution in [0, 0.1) is 6.92 Å². The van der Waals surface area contributed by atoms with Crippen LogP contribution >= 0.6 is 11.8 Å². The van der Waals surface area contributed by atoms with Crippen LogP contribution in [0.25, 0.3) is 22.6 Å². The summed E-state index contributed by atoms with van der Waals surface area (Å²) in [5.41, 5.74) is 2.40. The topological polar surface area (TPSA) is 64.7 Å². The summed E-state index contributed by atoms with van der Waals surface area (Å²) in [6, 6.07) is 16.5. The highest BCUT2D eigenvalue weighted by atomic mass is 32.2. The Hall–Kier alpha value is -3.20. The Morgan fingerprint density at radius 3 is 2.43 bits per heavy atom. The van der Waals surface area contributed by atoms with Crippen LogP contribution in [0.15, 0.2) is 70.2 Å². The highest BCUT2D eigenvalue weighted by molar-refractivity contribution is 7.98. The van der Waals surface area contributed by atoms with Crippen molar-refractivity contribution in [3.63, 3.8) is 0 Å². The van der Waals surface area contributed by atoms with Crippen molar-refractivity contribution in [2.24, 2.45) is 0 Å². The molecule has 0 amide bonds. The summed E-state index contributed by atoms with van der Waals surface area (Å²) in [5.74, 6) is 0.721. The smallest absolute Gasteiger partial charge is 0.338 e. The first-order valence-corrected chi connectivity index (χ1v) is 9.91. The van der Waals surface area contributed by atoms with Gasteiger partial charge in [0.05, 0.1) is 17.0 Å². The van der Waals surface area contributed by atoms with Crippen molar-refractivity contribution in [1.29, 1.82) is 0 Å². The van der Waals surface area contributed by atoms with Crippen LogP contribution < -0.4 is 0 Å². The lowest BCUT2D eigenvalue weighted by Gasteiger charge is -2.06. The maximum absolute atomic E-state index is 12.9. The largest absolute Gasteiger partial charge is 0.416 e. The summed E-state index contributed by atoms with van der Waals surface area (Å²) in [5, 5.41) is 12.9. The third-order valence-corrected chi connectivity index (χ3v) is 5.15. The SMILES string of the molecule is Cc1ccc(-c2ccc(SCc3nc(-c4cccc(C(F)(F)F)c4)no3)nn2)cc1. The number of rotatable bonds is 5. The first-order valence-electron chi connectivity index (χ1n) is 8.92. The summed E-state index contributed by atoms with van der Waals surface area (Å²) < 4.78 is 43.8. The summed E-state index contributed by atoms with van der Waals surface area (Å²) in [4.78, 5) is 4.18. The van der Waals surface area contributed by atoms with E-state index in [9.17, 15) is 13.2 Å². The Morgan fingerprint density at radius 2 is 1.73 bits per heavy atom. The molecule has 0 fully saturated rings. The van der Waals surface area contributed by atoms with Gasteiger partial charge in [-0.15, -0.1) is 10.2 Å². The number of alkyl halides is 3. The molecule has 0 aliphatic heterocycles. The fourth-order valence-corrected chi connectivity index (χ4v) is 3.33. The van der Waals surface area contributed by atoms with Crippen LogP contribution in [0.4, 0.5) is 13.2 Å². The van der Waals surface area contributed by atoms with E-state index >= 15 is 0 Å². The fraction of sp³-hybridized carbons (Fsp3) is 0.143. The van der Waals surface area contributed by atoms with Crippen molar-refractivity contribution in [2.75, 3.05) is 0 Å². The van der Waals surface area contributed by atoms with Gasteiger partial charge in [0.1, 0.15) is 5.03 Å². The Bertz CT molecular complexity index is 1140. The maximum Gasteiger partial charge on any atom is 0.416 e. The number of thioether (sulfide) groups is 1. The molecule has 2 heterocycles. The molecule has 0 bridgehead atoms. The molecule has 0 unspecified atom stereocenters. The van der Waals surface area contributed by atoms with Gasteiger partial charge in [0.2, 0.25) is 11.7 Å². The van der Waals surface area contributed by atoms with Gasteiger partial charge in [0.25, 0.3) is 0 Å². The molecule has 0 aliphatic carbocycles. The van der Waals surface area contributed by atoms with Crippen molar-refractivity contribution in [3.05, 3.63) is 77.7 Å². The van der Waals surface area contributed by atoms with Gasteiger partial charge < -0.3 is 4.52 Å². The van der Waals surface area contributed by atoms with E-state index in [0.29, 0.717) is 10.8 Å². The molecule has 0 aliphatic rings. The molecule has 4 rings (SSSR count). The van der Waals surface area contributed by atoms with Crippen LogP contribution in [0.1, 0.15) is 17.0 Å². The van der Waals surface area contributed by atoms with Crippen molar-refractivity contribution in [1.82, 2.24) is 20.3 Å². The van der Waals surface area contributed by atoms with E-state index in [2.05, 4.69) is 20.3 Å². The molecular formula is C21H15F3N4OS. The minimum absolute atomic E-state index is 0.109. The number of hydrogen-bond donors (Lipinski definition) is 0. The maximum atomic E-state index is 12.9. The van der Waals surface area contributed by atoms with Crippen LogP contribution in [-0.2, 0) is 11.9 Å². The third-order valence-electron chi connectivity index (χ3n) is 4.25. The minimum Gasteiger partial charge on any atom is -0.338 e. The molecule has 4 aromatic rings. The van der Waals surface area contributed by atoms with E-state index in [1.165, 1.54) is 29.5 Å². The van der Waals surface area contributed by atoms with Gasteiger partial charge in [-0.1, -0.05) is 58.9 Å². The summed E-state index contributed by atoms with van der Waals surface area (Å²) in [7, 11) is 0. The predicted octanol–water partition coefficient (Wildman–Crippen LogP) is 5.81. The van der Waals surface area contributed by atoms with Crippen molar-refractivity contribution >= 4 is 11.8 Å². The number of nitrogens with zero attached hydrogens (tertiary/aromatic N) is 4. The molecule has 0 spiro atoms. The summed E-state index contributed by atoms with van der Waals surface area (Å²) in [6.45, 7) is 2.02. The number of benzene rings is 2. The Morgan fingerprint density at radius 1 is 0.933 bits per heavy atom. The standard InChI is InChI=1S/C21H15F3N4OS/c1-13-5-7-14(8-6-13)17-9-10-19(27-26-17)30-12-18-25-20(28-29-18)15-3-2-4-16(11-15)21(22,23)24/h2-11H,12H2,1H3. The number of hydrogen-bond acceptors (Lipinski definition) is 6. The quantitative estimate of drug-likeness (QED) is 0.374. The van der Waals surface area contributed by atoms with Crippen LogP contribution in [0.2, 0.25) is 0 Å². The average Bonchev–Trinajstić information content (AvgIpc) is 3.22. The normalized spacial score (nSPS) is 11.6. The molecule has 0 atom stereocenters. The lowest BCUT2D eigenvalue weighted by Crippen LogP contribution is -2.04. The Labute approximate surface area is 174 Å². The Kier molecular flexibility index (Phi) is 5.54. The number of aromatic nitrogens is 4. The average molecular weight is 428 g/mol. The zero-order chi connectivity index (χ0) is 21.1. The van der Waals surface area contributed by atoms with E-state index < -0.39 is 11.7 Å². The lowest BCUT2D eigenvalue weighted by molar-refractivity contribution is -0.137. The highest BCUT2D eigenvalue weighted by Gasteiger charge is 2.30. The van der Waals surface area contributed by atoms with Gasteiger partial charge >= 0.3 is 6.18 Å². The Balaban J connectivity index is 1.42. The zero-order valence-electron chi connectivity index (χ0n) is 15.7. The minimum atomic E-state index is -4.43. The van der Waals surface area contributed by atoms with E-state index in [1.54, 1.807) is 0 Å². The molecule has 5 nitrogen and oxygen atoms in total. The monoisotopic (exact) mass is 428 g/mol. The van der Waals surface area contributed by atoms with Crippen LogP contribution in [0.5, 0.6) is 0 Å². The van der Waals surface area contributed by atoms with Gasteiger partial charge in [-0.3, -0.25) is 0 Å². The molecule has 0 saturated carbocycles. The van der Waals surface area contributed by atoms with Gasteiger partial charge in [0.15, 0.2) is 0 Å². The van der Waals surface area contributed by atoms with Crippen LogP contribution in [0.3, 0.4) is 0 Å². The first-order chi connectivity index (χ1) is 14.4. The van der Waals surface area contributed by atoms with Crippen LogP contribution in [-0.4, -0.2) is 20.3 Å². The second-order valence-corrected chi connectivity index (χ2v) is 7.50. The van der Waals surface area contributed by atoms with Crippen molar-refractivity contribution in [3.8, 4) is 22.6 Å². The zero-order valence-corrected chi connectivity index (χ0v) is 16.5. The summed E-state index contributed by atoms with van der Waals surface area (Å²) in [6.07, 6.45) is -4.43. The molecule has 0 radical (unpaired) electrons. The molecular weight excluding hydrogens is 413 g/mol. The van der Waals surface area contributed by atoms with Crippen molar-refractivity contribution in [2.45, 2.75) is 23.9 Å². The van der Waals surface area contributed by atoms with E-state index in [-0.39, 0.29) is 17.3 Å². The predicted molar refractivity (Wildman–Crippen MR) is 107 cm³/mol. The van der Waals surface area contributed by atoms with E-state index in [0.717, 1.165) is 23.4 Å². The molecule has 2 aromatic carbocycles. The van der Waals surface area contributed by atoms with Gasteiger partial charge in [-0.05, 0) is 31.2 Å². The molecule has 0 N–H and O–H groups in total. The van der Waals surface area contributed by atoms with Gasteiger partial charge in [-0.25, -0.2) is 0 Å². The number of halogens is 3. The van der Waals surface area contributed by atoms with E-state index in [1.807, 2.05) is 43.3 Å². The van der Waals surface area contributed by atoms with Gasteiger partial charge in [-0.2, -0.15) is 18.2 Å². The molecule has 0 saturated heterocycles. The second-order valence-electron chi connectivity index (χ2n) is 6.50. The molecule has 9 heteroatoms. The lowest BCUT2D eigenvalue weighted by atomic mass is 10.1. The second kappa shape index (κ2) is 8.27. The summed E-state index contributed by atoms with van der Waals surface area (Å²) >= 11 is 1.35. The first kappa shape index (κ1) is 20.1. The number of aryl methyl sites for hydroxylation is 1. The highest BCUT2D eigenvalue weighted by Crippen LogP contribution is 2.31. The third kappa shape index (κ3) is 4.68. The van der Waals surface area contributed by atoms with Crippen molar-refractivity contribution < 1.29 is 17.7 Å². The molecule has 152 valence electrons. The fourth-order valence-electron chi connectivity index (χ4n) is 2.68. The molecule has 30 heavy (non-hydrogen) atoms. The van der Waals surface area contributed by atoms with E-state index in [4.69, 9.17) is 4.52 Å². The molecule has 2 aromatic heterocycles. The van der Waals surface area contributed by atoms with Gasteiger partial charge in [0, 0.05) is 11.1 Å².